The summed E-state index contributed by atoms with van der Waals surface area (Å²) in [6.07, 6.45) is 1.86. The summed E-state index contributed by atoms with van der Waals surface area (Å²) in [5.41, 5.74) is 6.45. The third-order valence-corrected chi connectivity index (χ3v) is 12.4. The molecule has 2 heteroatoms. The second-order valence-corrected chi connectivity index (χ2v) is 15.2. The van der Waals surface area contributed by atoms with Crippen molar-refractivity contribution in [2.24, 2.45) is 0 Å². The Kier molecular flexibility index (Phi) is 5.92. The van der Waals surface area contributed by atoms with Gasteiger partial charge in [0.2, 0.25) is 0 Å². The highest BCUT2D eigenvalue weighted by Crippen LogP contribution is 2.49. The molecule has 11 aromatic carbocycles. The van der Waals surface area contributed by atoms with Crippen LogP contribution in [0.25, 0.3) is 130 Å². The fourth-order valence-electron chi connectivity index (χ4n) is 10.1. The van der Waals surface area contributed by atoms with E-state index in [1.54, 1.807) is 0 Å². The zero-order valence-corrected chi connectivity index (χ0v) is 30.2. The van der Waals surface area contributed by atoms with Gasteiger partial charge in [-0.05, 0) is 116 Å². The lowest BCUT2D eigenvalue weighted by Gasteiger charge is -2.21. The van der Waals surface area contributed by atoms with Crippen LogP contribution in [0.15, 0.2) is 182 Å². The smallest absolute Gasteiger partial charge is 0.0972 e. The van der Waals surface area contributed by atoms with Gasteiger partial charge in [0.05, 0.1) is 16.7 Å². The Morgan fingerprint density at radius 1 is 0.286 bits per heavy atom. The third-order valence-electron chi connectivity index (χ3n) is 12.4. The Morgan fingerprint density at radius 2 is 0.732 bits per heavy atom. The van der Waals surface area contributed by atoms with Gasteiger partial charge in [0.25, 0.3) is 0 Å². The molecule has 13 rings (SSSR count). The van der Waals surface area contributed by atoms with E-state index in [9.17, 15) is 0 Å². The van der Waals surface area contributed by atoms with Crippen molar-refractivity contribution in [3.05, 3.63) is 182 Å². The number of rotatable bonds is 2. The first-order valence-electron chi connectivity index (χ1n) is 19.3. The van der Waals surface area contributed by atoms with Gasteiger partial charge in [-0.2, -0.15) is 0 Å². The van der Waals surface area contributed by atoms with Crippen LogP contribution in [0.5, 0.6) is 0 Å². The number of benzene rings is 10. The summed E-state index contributed by atoms with van der Waals surface area (Å²) in [6, 6.07) is 65.1. The Balaban J connectivity index is 1.21. The molecule has 0 atom stereocenters. The largest absolute Gasteiger partial charge is 0.254 e. The molecule has 2 heterocycles. The highest BCUT2D eigenvalue weighted by molar-refractivity contribution is 6.39. The van der Waals surface area contributed by atoms with E-state index in [0.29, 0.717) is 0 Å². The van der Waals surface area contributed by atoms with Crippen molar-refractivity contribution in [1.82, 2.24) is 9.97 Å². The van der Waals surface area contributed by atoms with E-state index >= 15 is 0 Å². The first kappa shape index (κ1) is 30.0. The van der Waals surface area contributed by atoms with Crippen LogP contribution in [0.1, 0.15) is 0 Å². The molecule has 56 heavy (non-hydrogen) atoms. The van der Waals surface area contributed by atoms with Crippen molar-refractivity contribution < 1.29 is 0 Å². The summed E-state index contributed by atoms with van der Waals surface area (Å²) < 4.78 is 0. The average molecular weight is 707 g/mol. The molecule has 0 aliphatic rings. The van der Waals surface area contributed by atoms with Gasteiger partial charge in [0.1, 0.15) is 0 Å². The van der Waals surface area contributed by atoms with Crippen molar-refractivity contribution in [2.45, 2.75) is 0 Å². The van der Waals surface area contributed by atoms with Crippen molar-refractivity contribution in [2.75, 3.05) is 0 Å². The molecule has 0 aliphatic heterocycles. The Morgan fingerprint density at radius 3 is 1.38 bits per heavy atom. The minimum atomic E-state index is 0.926. The summed E-state index contributed by atoms with van der Waals surface area (Å²) in [5, 5.41) is 22.4. The number of pyridine rings is 2. The Labute approximate surface area is 321 Å². The maximum atomic E-state index is 5.41. The van der Waals surface area contributed by atoms with Gasteiger partial charge in [0.15, 0.2) is 0 Å². The van der Waals surface area contributed by atoms with Crippen molar-refractivity contribution in [3.8, 4) is 22.4 Å². The minimum Gasteiger partial charge on any atom is -0.254 e. The van der Waals surface area contributed by atoms with Crippen LogP contribution < -0.4 is 0 Å². The molecule has 0 radical (unpaired) electrons. The van der Waals surface area contributed by atoms with Crippen LogP contribution in [-0.4, -0.2) is 9.97 Å². The number of aromatic nitrogens is 2. The van der Waals surface area contributed by atoms with Crippen LogP contribution in [0, 0.1) is 0 Å². The topological polar surface area (TPSA) is 25.8 Å². The standard InChI is InChI=1S/C54H30N2/c1-3-16-41-39(14-1)50(40-15-2-4-17-42(40)51(41)46-28-27-34-26-25-33-13-9-29-55-53(33)54(34)56-46)45-30-35-12-7-20-37-36-18-5-10-31-23-24-32-11-6-19-38(48(32)47(31)36)43-21-8-22-44(45)52(43)49(35)37/h1-30H. The average Bonchev–Trinajstić information content (AvgIpc) is 3.26. The molecule has 0 spiro atoms. The van der Waals surface area contributed by atoms with Crippen LogP contribution in [0.2, 0.25) is 0 Å². The highest BCUT2D eigenvalue weighted by Gasteiger charge is 2.22. The predicted octanol–water partition coefficient (Wildman–Crippen LogP) is 14.8. The number of hydrogen-bond donors (Lipinski definition) is 0. The summed E-state index contributed by atoms with van der Waals surface area (Å²) in [6.45, 7) is 0. The molecule has 256 valence electrons. The second-order valence-electron chi connectivity index (χ2n) is 15.2. The first-order chi connectivity index (χ1) is 27.8. The molecule has 0 saturated carbocycles. The summed E-state index contributed by atoms with van der Waals surface area (Å²) in [7, 11) is 0. The molecular weight excluding hydrogens is 677 g/mol. The van der Waals surface area contributed by atoms with Crippen LogP contribution in [0.4, 0.5) is 0 Å². The zero-order valence-electron chi connectivity index (χ0n) is 30.2. The van der Waals surface area contributed by atoms with E-state index in [4.69, 9.17) is 9.97 Å². The van der Waals surface area contributed by atoms with Gasteiger partial charge < -0.3 is 0 Å². The van der Waals surface area contributed by atoms with E-state index in [0.717, 1.165) is 33.1 Å². The first-order valence-corrected chi connectivity index (χ1v) is 19.3. The quantitative estimate of drug-likeness (QED) is 0.132. The van der Waals surface area contributed by atoms with Crippen molar-refractivity contribution >= 4 is 108 Å². The van der Waals surface area contributed by atoms with Crippen LogP contribution >= 0.6 is 0 Å². The van der Waals surface area contributed by atoms with Gasteiger partial charge in [-0.1, -0.05) is 158 Å². The van der Waals surface area contributed by atoms with E-state index in [1.807, 2.05) is 12.3 Å². The molecule has 0 unspecified atom stereocenters. The lowest BCUT2D eigenvalue weighted by molar-refractivity contribution is 1.38. The fraction of sp³-hybridized carbons (Fsp3) is 0. The molecule has 2 nitrogen and oxygen atoms in total. The normalized spacial score (nSPS) is 12.3. The maximum absolute atomic E-state index is 5.41. The number of fused-ring (bicyclic) bond motifs is 7. The van der Waals surface area contributed by atoms with E-state index in [-0.39, 0.29) is 0 Å². The minimum absolute atomic E-state index is 0.926. The van der Waals surface area contributed by atoms with Gasteiger partial charge in [0, 0.05) is 22.5 Å². The monoisotopic (exact) mass is 706 g/mol. The molecule has 0 fully saturated rings. The predicted molar refractivity (Wildman–Crippen MR) is 239 cm³/mol. The SMILES string of the molecule is c1cnc2c(c1)ccc1ccc(-c3c4ccccc4c(-c4cc5cccc6c7cccc8ccc9cccc(c%10cccc4c%10c56)c9c87)c4ccccc34)nc12. The molecular formula is C54H30N2. The molecule has 0 saturated heterocycles. The molecule has 0 aliphatic carbocycles. The lowest BCUT2D eigenvalue weighted by Crippen LogP contribution is -1.95. The second kappa shape index (κ2) is 11.1. The fourth-order valence-corrected chi connectivity index (χ4v) is 10.1. The summed E-state index contributed by atoms with van der Waals surface area (Å²) in [4.78, 5) is 10.2. The van der Waals surface area contributed by atoms with E-state index < -0.39 is 0 Å². The molecule has 0 N–H and O–H groups in total. The van der Waals surface area contributed by atoms with Crippen LogP contribution in [0.3, 0.4) is 0 Å². The van der Waals surface area contributed by atoms with E-state index in [2.05, 4.69) is 170 Å². The van der Waals surface area contributed by atoms with Crippen LogP contribution in [-0.2, 0) is 0 Å². The van der Waals surface area contributed by atoms with Gasteiger partial charge in [-0.25, -0.2) is 4.98 Å². The molecule has 0 bridgehead atoms. The third kappa shape index (κ3) is 3.95. The zero-order chi connectivity index (χ0) is 36.5. The maximum Gasteiger partial charge on any atom is 0.0972 e. The van der Waals surface area contributed by atoms with Gasteiger partial charge in [-0.3, -0.25) is 4.98 Å². The Bertz CT molecular complexity index is 3760. The van der Waals surface area contributed by atoms with E-state index in [1.165, 1.54) is 97.3 Å². The molecule has 2 aromatic heterocycles. The van der Waals surface area contributed by atoms with Crippen molar-refractivity contribution in [1.29, 1.82) is 0 Å². The number of nitrogens with zero attached hydrogens (tertiary/aromatic N) is 2. The lowest BCUT2D eigenvalue weighted by atomic mass is 9.82. The van der Waals surface area contributed by atoms with Gasteiger partial charge in [-0.15, -0.1) is 0 Å². The number of hydrogen-bond acceptors (Lipinski definition) is 2. The molecule has 13 aromatic rings. The highest BCUT2D eigenvalue weighted by atomic mass is 14.8. The summed E-state index contributed by atoms with van der Waals surface area (Å²) in [5.74, 6) is 0. The molecule has 0 amide bonds. The summed E-state index contributed by atoms with van der Waals surface area (Å²) >= 11 is 0. The van der Waals surface area contributed by atoms with Gasteiger partial charge >= 0.3 is 0 Å². The van der Waals surface area contributed by atoms with Crippen molar-refractivity contribution in [3.63, 3.8) is 0 Å². The Hall–Kier alpha value is -7.42.